The smallest absolute Gasteiger partial charge is 0.264 e. The summed E-state index contributed by atoms with van der Waals surface area (Å²) < 4.78 is 10.5. The van der Waals surface area contributed by atoms with Gasteiger partial charge < -0.3 is 20.1 Å². The van der Waals surface area contributed by atoms with Crippen LogP contribution in [0.25, 0.3) is 0 Å². The van der Waals surface area contributed by atoms with E-state index in [2.05, 4.69) is 15.6 Å². The third kappa shape index (κ3) is 4.70. The Bertz CT molecular complexity index is 1010. The Balaban J connectivity index is 1.74. The van der Waals surface area contributed by atoms with Gasteiger partial charge in [0.15, 0.2) is 5.78 Å². The number of anilines is 3. The van der Waals surface area contributed by atoms with Gasteiger partial charge in [-0.3, -0.25) is 9.59 Å². The maximum Gasteiger partial charge on any atom is 0.264 e. The molecular weight excluding hydrogens is 370 g/mol. The molecule has 148 valence electrons. The summed E-state index contributed by atoms with van der Waals surface area (Å²) >= 11 is 0. The number of benzene rings is 2. The topological polar surface area (TPSA) is 89.5 Å². The Labute approximate surface area is 168 Å². The Morgan fingerprint density at radius 2 is 1.59 bits per heavy atom. The van der Waals surface area contributed by atoms with Crippen LogP contribution in [-0.2, 0) is 0 Å². The fraction of sp³-hybridized carbons (Fsp3) is 0.136. The second kappa shape index (κ2) is 8.88. The molecule has 0 fully saturated rings. The van der Waals surface area contributed by atoms with E-state index in [9.17, 15) is 9.59 Å². The maximum absolute atomic E-state index is 12.7. The van der Waals surface area contributed by atoms with Gasteiger partial charge >= 0.3 is 0 Å². The highest BCUT2D eigenvalue weighted by atomic mass is 16.5. The Kier molecular flexibility index (Phi) is 6.09. The Hall–Kier alpha value is -3.87. The number of ether oxygens (including phenoxy) is 2. The molecule has 3 rings (SSSR count). The minimum Gasteiger partial charge on any atom is -0.496 e. The van der Waals surface area contributed by atoms with Crippen molar-refractivity contribution < 1.29 is 19.1 Å². The van der Waals surface area contributed by atoms with Crippen molar-refractivity contribution in [3.63, 3.8) is 0 Å². The van der Waals surface area contributed by atoms with E-state index in [4.69, 9.17) is 9.47 Å². The zero-order chi connectivity index (χ0) is 20.8. The van der Waals surface area contributed by atoms with Gasteiger partial charge in [-0.05, 0) is 43.3 Å². The number of carbonyl (C=O) groups excluding carboxylic acids is 2. The lowest BCUT2D eigenvalue weighted by molar-refractivity contribution is 0.101. The predicted octanol–water partition coefficient (Wildman–Crippen LogP) is 4.30. The van der Waals surface area contributed by atoms with Gasteiger partial charge in [0.25, 0.3) is 5.91 Å². The van der Waals surface area contributed by atoms with Crippen LogP contribution in [0.2, 0.25) is 0 Å². The third-order valence-electron chi connectivity index (χ3n) is 4.22. The molecule has 0 saturated carbocycles. The number of pyridine rings is 1. The molecule has 2 N–H and O–H groups in total. The molecule has 0 unspecified atom stereocenters. The molecule has 0 saturated heterocycles. The molecule has 0 spiro atoms. The molecule has 2 aromatic carbocycles. The van der Waals surface area contributed by atoms with E-state index in [-0.39, 0.29) is 11.7 Å². The average molecular weight is 391 g/mol. The van der Waals surface area contributed by atoms with Gasteiger partial charge in [-0.15, -0.1) is 0 Å². The van der Waals surface area contributed by atoms with Crippen molar-refractivity contribution in [2.45, 2.75) is 6.92 Å². The molecule has 0 radical (unpaired) electrons. The first kappa shape index (κ1) is 19.9. The van der Waals surface area contributed by atoms with E-state index >= 15 is 0 Å². The monoisotopic (exact) mass is 391 g/mol. The van der Waals surface area contributed by atoms with Crippen LogP contribution < -0.4 is 20.1 Å². The molecule has 0 aliphatic carbocycles. The first-order valence-electron chi connectivity index (χ1n) is 8.88. The third-order valence-corrected chi connectivity index (χ3v) is 4.22. The molecule has 29 heavy (non-hydrogen) atoms. The van der Waals surface area contributed by atoms with Crippen molar-refractivity contribution in [1.29, 1.82) is 0 Å². The van der Waals surface area contributed by atoms with Gasteiger partial charge in [-0.2, -0.15) is 0 Å². The van der Waals surface area contributed by atoms with Crippen LogP contribution in [-0.4, -0.2) is 30.9 Å². The first-order chi connectivity index (χ1) is 14.0. The lowest BCUT2D eigenvalue weighted by atomic mass is 10.1. The number of nitrogens with one attached hydrogen (secondary N) is 2. The van der Waals surface area contributed by atoms with Crippen molar-refractivity contribution in [3.8, 4) is 11.5 Å². The SMILES string of the molecule is COc1cccc(OC)c1C(=O)Nc1ccc(Nc2cccc(C(C)=O)c2)cn1. The largest absolute Gasteiger partial charge is 0.496 e. The summed E-state index contributed by atoms with van der Waals surface area (Å²) in [5, 5.41) is 5.92. The van der Waals surface area contributed by atoms with Crippen LogP contribution in [0.15, 0.2) is 60.8 Å². The van der Waals surface area contributed by atoms with Crippen molar-refractivity contribution >= 4 is 28.9 Å². The van der Waals surface area contributed by atoms with Crippen molar-refractivity contribution in [2.24, 2.45) is 0 Å². The van der Waals surface area contributed by atoms with Gasteiger partial charge in [0.1, 0.15) is 22.9 Å². The zero-order valence-corrected chi connectivity index (χ0v) is 16.4. The number of ketones is 1. The number of hydrogen-bond donors (Lipinski definition) is 2. The van der Waals surface area contributed by atoms with Gasteiger partial charge in [-0.1, -0.05) is 18.2 Å². The predicted molar refractivity (Wildman–Crippen MR) is 111 cm³/mol. The number of Topliss-reactive ketones (excluding diaryl/α,β-unsaturated/α-hetero) is 1. The summed E-state index contributed by atoms with van der Waals surface area (Å²) in [6.45, 7) is 1.52. The molecule has 3 aromatic rings. The van der Waals surface area contributed by atoms with Crippen LogP contribution in [0.5, 0.6) is 11.5 Å². The lowest BCUT2D eigenvalue weighted by Crippen LogP contribution is -2.15. The van der Waals surface area contributed by atoms with Gasteiger partial charge in [0.05, 0.1) is 26.1 Å². The molecule has 1 heterocycles. The van der Waals surface area contributed by atoms with Gasteiger partial charge in [0.2, 0.25) is 0 Å². The van der Waals surface area contributed by atoms with Crippen molar-refractivity contribution in [1.82, 2.24) is 4.98 Å². The van der Waals surface area contributed by atoms with Gasteiger partial charge in [-0.25, -0.2) is 4.98 Å². The molecule has 0 aliphatic rings. The second-order valence-corrected chi connectivity index (χ2v) is 6.19. The van der Waals surface area contributed by atoms with Gasteiger partial charge in [0, 0.05) is 11.3 Å². The summed E-state index contributed by atoms with van der Waals surface area (Å²) in [6, 6.07) is 15.8. The second-order valence-electron chi connectivity index (χ2n) is 6.19. The number of aromatic nitrogens is 1. The molecule has 7 nitrogen and oxygen atoms in total. The maximum atomic E-state index is 12.7. The summed E-state index contributed by atoms with van der Waals surface area (Å²) in [5.41, 5.74) is 2.41. The number of carbonyl (C=O) groups is 2. The number of methoxy groups -OCH3 is 2. The minimum absolute atomic E-state index is 0.00314. The fourth-order valence-electron chi connectivity index (χ4n) is 2.78. The molecule has 0 aliphatic heterocycles. The fourth-order valence-corrected chi connectivity index (χ4v) is 2.78. The zero-order valence-electron chi connectivity index (χ0n) is 16.4. The van der Waals surface area contributed by atoms with Crippen molar-refractivity contribution in [3.05, 3.63) is 71.9 Å². The van der Waals surface area contributed by atoms with E-state index < -0.39 is 0 Å². The van der Waals surface area contributed by atoms with Crippen LogP contribution in [0.1, 0.15) is 27.6 Å². The highest BCUT2D eigenvalue weighted by Crippen LogP contribution is 2.29. The number of nitrogens with zero attached hydrogens (tertiary/aromatic N) is 1. The quantitative estimate of drug-likeness (QED) is 0.584. The summed E-state index contributed by atoms with van der Waals surface area (Å²) in [7, 11) is 2.98. The number of hydrogen-bond acceptors (Lipinski definition) is 6. The van der Waals surface area contributed by atoms with Crippen LogP contribution >= 0.6 is 0 Å². The highest BCUT2D eigenvalue weighted by Gasteiger charge is 2.18. The first-order valence-corrected chi connectivity index (χ1v) is 8.88. The number of amides is 1. The Morgan fingerprint density at radius 1 is 0.897 bits per heavy atom. The normalized spacial score (nSPS) is 10.2. The molecule has 0 bridgehead atoms. The van der Waals surface area contributed by atoms with Crippen LogP contribution in [0.4, 0.5) is 17.2 Å². The summed E-state index contributed by atoms with van der Waals surface area (Å²) in [5.74, 6) is 0.806. The lowest BCUT2D eigenvalue weighted by Gasteiger charge is -2.13. The average Bonchev–Trinajstić information content (AvgIpc) is 2.74. The number of rotatable bonds is 7. The van der Waals surface area contributed by atoms with E-state index in [0.717, 1.165) is 11.4 Å². The standard InChI is InChI=1S/C22H21N3O4/c1-14(26)15-6-4-7-16(12-15)24-17-10-11-20(23-13-17)25-22(27)21-18(28-2)8-5-9-19(21)29-3/h4-13,24H,1-3H3,(H,23,25,27). The summed E-state index contributed by atoms with van der Waals surface area (Å²) in [6.07, 6.45) is 1.59. The minimum atomic E-state index is -0.387. The molecular formula is C22H21N3O4. The van der Waals surface area contributed by atoms with Crippen molar-refractivity contribution in [2.75, 3.05) is 24.9 Å². The Morgan fingerprint density at radius 3 is 2.17 bits per heavy atom. The van der Waals surface area contributed by atoms with Crippen LogP contribution in [0, 0.1) is 0 Å². The van der Waals surface area contributed by atoms with Crippen LogP contribution in [0.3, 0.4) is 0 Å². The molecule has 1 amide bonds. The van der Waals surface area contributed by atoms with E-state index in [1.165, 1.54) is 21.1 Å². The van der Waals surface area contributed by atoms with E-state index in [1.807, 2.05) is 12.1 Å². The van der Waals surface area contributed by atoms with E-state index in [0.29, 0.717) is 28.4 Å². The molecule has 0 atom stereocenters. The highest BCUT2D eigenvalue weighted by molar-refractivity contribution is 6.07. The molecule has 7 heteroatoms. The molecule has 1 aromatic heterocycles. The summed E-state index contributed by atoms with van der Waals surface area (Å²) in [4.78, 5) is 28.5. The van der Waals surface area contributed by atoms with E-state index in [1.54, 1.807) is 48.7 Å².